The summed E-state index contributed by atoms with van der Waals surface area (Å²) in [6, 6.07) is 12.4. The molecular weight excluding hydrogens is 386 g/mol. The minimum absolute atomic E-state index is 0.165. The average molecular weight is 405 g/mol. The van der Waals surface area contributed by atoms with Crippen molar-refractivity contribution in [2.24, 2.45) is 5.73 Å². The molecule has 1 unspecified atom stereocenters. The number of amides is 1. The van der Waals surface area contributed by atoms with Gasteiger partial charge in [0, 0.05) is 11.3 Å². The number of benzene rings is 2. The molecule has 0 aliphatic carbocycles. The molecule has 9 nitrogen and oxygen atoms in total. The van der Waals surface area contributed by atoms with Gasteiger partial charge in [-0.25, -0.2) is 4.68 Å². The molecule has 2 aliphatic heterocycles. The van der Waals surface area contributed by atoms with Gasteiger partial charge in [0.15, 0.2) is 17.3 Å². The van der Waals surface area contributed by atoms with E-state index in [9.17, 15) is 4.79 Å². The zero-order valence-electron chi connectivity index (χ0n) is 16.4. The zero-order chi connectivity index (χ0) is 20.8. The highest BCUT2D eigenvalue weighted by atomic mass is 16.7. The normalized spacial score (nSPS) is 16.8. The van der Waals surface area contributed by atoms with Crippen LogP contribution in [0.5, 0.6) is 17.2 Å². The molecule has 2 aromatic carbocycles. The van der Waals surface area contributed by atoms with E-state index in [2.05, 4.69) is 15.4 Å². The number of nitrogens with one attached hydrogen (secondary N) is 1. The van der Waals surface area contributed by atoms with Crippen LogP contribution in [0.25, 0.3) is 11.4 Å². The van der Waals surface area contributed by atoms with Crippen molar-refractivity contribution in [1.82, 2.24) is 14.8 Å². The molecule has 2 aliphatic rings. The summed E-state index contributed by atoms with van der Waals surface area (Å²) in [4.78, 5) is 17.0. The molecule has 0 spiro atoms. The fraction of sp³-hybridized carbons (Fsp3) is 0.190. The van der Waals surface area contributed by atoms with E-state index >= 15 is 0 Å². The fourth-order valence-electron chi connectivity index (χ4n) is 3.72. The number of nitrogens with two attached hydrogens (primary N) is 1. The molecule has 0 bridgehead atoms. The molecule has 0 radical (unpaired) electrons. The van der Waals surface area contributed by atoms with Gasteiger partial charge in [-0.3, -0.25) is 4.79 Å². The summed E-state index contributed by atoms with van der Waals surface area (Å²) in [5.74, 6) is 2.52. The number of nitrogens with zero attached hydrogens (tertiary/aromatic N) is 3. The maximum absolute atomic E-state index is 12.3. The van der Waals surface area contributed by atoms with E-state index in [0.29, 0.717) is 34.5 Å². The van der Waals surface area contributed by atoms with E-state index in [-0.39, 0.29) is 6.79 Å². The zero-order valence-corrected chi connectivity index (χ0v) is 16.4. The topological polar surface area (TPSA) is 114 Å². The third kappa shape index (κ3) is 2.83. The maximum Gasteiger partial charge on any atom is 0.248 e. The Bertz CT molecular complexity index is 1180. The van der Waals surface area contributed by atoms with Crippen molar-refractivity contribution in [2.45, 2.75) is 13.0 Å². The molecule has 0 fully saturated rings. The van der Waals surface area contributed by atoms with E-state index in [1.165, 1.54) is 0 Å². The Morgan fingerprint density at radius 1 is 1.20 bits per heavy atom. The van der Waals surface area contributed by atoms with Crippen molar-refractivity contribution in [1.29, 1.82) is 0 Å². The second-order valence-electron chi connectivity index (χ2n) is 6.98. The number of hydrogen-bond donors (Lipinski definition) is 2. The number of aromatic nitrogens is 3. The van der Waals surface area contributed by atoms with Crippen molar-refractivity contribution < 1.29 is 19.0 Å². The van der Waals surface area contributed by atoms with E-state index in [1.807, 2.05) is 42.5 Å². The number of anilines is 1. The van der Waals surface area contributed by atoms with Gasteiger partial charge in [-0.2, -0.15) is 4.98 Å². The summed E-state index contributed by atoms with van der Waals surface area (Å²) < 4.78 is 17.8. The van der Waals surface area contributed by atoms with Gasteiger partial charge in [0.1, 0.15) is 11.8 Å². The molecule has 1 aromatic heterocycles. The Morgan fingerprint density at radius 2 is 1.97 bits per heavy atom. The number of hydrogen-bond acceptors (Lipinski definition) is 7. The second kappa shape index (κ2) is 6.80. The van der Waals surface area contributed by atoms with Crippen molar-refractivity contribution in [3.63, 3.8) is 0 Å². The van der Waals surface area contributed by atoms with Gasteiger partial charge in [0.05, 0.1) is 12.7 Å². The number of ether oxygens (including phenoxy) is 3. The Hall–Kier alpha value is -4.01. The average Bonchev–Trinajstić information content (AvgIpc) is 3.38. The minimum Gasteiger partial charge on any atom is -0.497 e. The molecule has 1 amide bonds. The first-order valence-electron chi connectivity index (χ1n) is 9.33. The van der Waals surface area contributed by atoms with E-state index in [4.69, 9.17) is 19.9 Å². The van der Waals surface area contributed by atoms with Crippen molar-refractivity contribution >= 4 is 11.9 Å². The second-order valence-corrected chi connectivity index (χ2v) is 6.98. The summed E-state index contributed by atoms with van der Waals surface area (Å²) >= 11 is 0. The van der Waals surface area contributed by atoms with Gasteiger partial charge in [0.25, 0.3) is 0 Å². The van der Waals surface area contributed by atoms with Crippen molar-refractivity contribution in [2.75, 3.05) is 19.2 Å². The van der Waals surface area contributed by atoms with E-state index in [1.54, 1.807) is 18.7 Å². The summed E-state index contributed by atoms with van der Waals surface area (Å²) in [5, 5.41) is 7.83. The molecule has 9 heteroatoms. The van der Waals surface area contributed by atoms with Gasteiger partial charge < -0.3 is 25.3 Å². The predicted octanol–water partition coefficient (Wildman–Crippen LogP) is 2.46. The highest BCUT2D eigenvalue weighted by Gasteiger charge is 2.34. The molecule has 1 atom stereocenters. The monoisotopic (exact) mass is 405 g/mol. The van der Waals surface area contributed by atoms with E-state index in [0.717, 1.165) is 16.9 Å². The number of primary amides is 1. The molecule has 5 rings (SSSR count). The number of rotatable bonds is 4. The van der Waals surface area contributed by atoms with Gasteiger partial charge in [0.2, 0.25) is 18.6 Å². The smallest absolute Gasteiger partial charge is 0.248 e. The van der Waals surface area contributed by atoms with Crippen LogP contribution in [0, 0.1) is 0 Å². The largest absolute Gasteiger partial charge is 0.497 e. The molecule has 30 heavy (non-hydrogen) atoms. The molecule has 0 saturated carbocycles. The van der Waals surface area contributed by atoms with Gasteiger partial charge in [-0.1, -0.05) is 6.07 Å². The first-order chi connectivity index (χ1) is 14.5. The number of carbonyl (C=O) groups is 1. The van der Waals surface area contributed by atoms with Crippen LogP contribution in [0.2, 0.25) is 0 Å². The van der Waals surface area contributed by atoms with Crippen LogP contribution in [-0.4, -0.2) is 34.6 Å². The summed E-state index contributed by atoms with van der Waals surface area (Å²) in [5.41, 5.74) is 8.39. The maximum atomic E-state index is 12.3. The highest BCUT2D eigenvalue weighted by molar-refractivity contribution is 5.95. The van der Waals surface area contributed by atoms with Gasteiger partial charge >= 0.3 is 0 Å². The first kappa shape index (κ1) is 18.0. The lowest BCUT2D eigenvalue weighted by atomic mass is 9.95. The SMILES string of the molecule is COc1ccc(-c2nc3n(n2)C(c2ccc4c(c2)OCO4)C(C(N)=O)=C(C)N3)cc1. The van der Waals surface area contributed by atoms with Crippen LogP contribution in [0.15, 0.2) is 53.7 Å². The minimum atomic E-state index is -0.548. The van der Waals surface area contributed by atoms with Gasteiger partial charge in [-0.05, 0) is 48.9 Å². The summed E-state index contributed by atoms with van der Waals surface area (Å²) in [6.07, 6.45) is 0. The van der Waals surface area contributed by atoms with Crippen LogP contribution in [0.1, 0.15) is 18.5 Å². The number of fused-ring (bicyclic) bond motifs is 2. The number of methoxy groups -OCH3 is 1. The van der Waals surface area contributed by atoms with Crippen LogP contribution in [0.4, 0.5) is 5.95 Å². The first-order valence-corrected chi connectivity index (χ1v) is 9.33. The van der Waals surface area contributed by atoms with Crippen LogP contribution < -0.4 is 25.3 Å². The molecule has 3 heterocycles. The molecular formula is C21H19N5O4. The quantitative estimate of drug-likeness (QED) is 0.685. The fourth-order valence-corrected chi connectivity index (χ4v) is 3.72. The molecule has 3 N–H and O–H groups in total. The molecule has 152 valence electrons. The van der Waals surface area contributed by atoms with Crippen LogP contribution >= 0.6 is 0 Å². The Kier molecular flexibility index (Phi) is 4.09. The summed E-state index contributed by atoms with van der Waals surface area (Å²) in [6.45, 7) is 1.96. The Balaban J connectivity index is 1.63. The standard InChI is InChI=1S/C21H19N5O4/c1-11-17(19(22)27)18(13-5-8-15-16(9-13)30-10-29-15)26-21(23-11)24-20(25-26)12-3-6-14(28-2)7-4-12/h3-9,18H,10H2,1-2H3,(H2,22,27)(H,23,24,25). The summed E-state index contributed by atoms with van der Waals surface area (Å²) in [7, 11) is 1.61. The Morgan fingerprint density at radius 3 is 2.70 bits per heavy atom. The van der Waals surface area contributed by atoms with Gasteiger partial charge in [-0.15, -0.1) is 5.10 Å². The third-order valence-corrected chi connectivity index (χ3v) is 5.18. The third-order valence-electron chi connectivity index (χ3n) is 5.18. The predicted molar refractivity (Wildman–Crippen MR) is 108 cm³/mol. The molecule has 3 aromatic rings. The van der Waals surface area contributed by atoms with Crippen molar-refractivity contribution in [3.8, 4) is 28.6 Å². The van der Waals surface area contributed by atoms with Crippen molar-refractivity contribution in [3.05, 3.63) is 59.3 Å². The highest BCUT2D eigenvalue weighted by Crippen LogP contribution is 2.40. The number of allylic oxidation sites excluding steroid dienone is 1. The lowest BCUT2D eigenvalue weighted by Crippen LogP contribution is -2.31. The lowest BCUT2D eigenvalue weighted by Gasteiger charge is -2.27. The number of carbonyl (C=O) groups excluding carboxylic acids is 1. The lowest BCUT2D eigenvalue weighted by molar-refractivity contribution is -0.115. The Labute approximate surface area is 172 Å². The molecule has 0 saturated heterocycles. The van der Waals surface area contributed by atoms with Crippen LogP contribution in [-0.2, 0) is 4.79 Å². The van der Waals surface area contributed by atoms with Crippen LogP contribution in [0.3, 0.4) is 0 Å². The van der Waals surface area contributed by atoms with E-state index < -0.39 is 11.9 Å².